The van der Waals surface area contributed by atoms with Crippen LogP contribution in [-0.4, -0.2) is 62.7 Å². The average molecular weight is 459 g/mol. The molecule has 2 saturated heterocycles. The van der Waals surface area contributed by atoms with E-state index in [1.807, 2.05) is 10.8 Å². The van der Waals surface area contributed by atoms with E-state index in [9.17, 15) is 19.2 Å². The van der Waals surface area contributed by atoms with Crippen molar-refractivity contribution >= 4 is 35.2 Å². The molecule has 0 bridgehead atoms. The molecule has 5 heterocycles. The third-order valence-electron chi connectivity index (χ3n) is 6.45. The van der Waals surface area contributed by atoms with Gasteiger partial charge >= 0.3 is 0 Å². The van der Waals surface area contributed by atoms with E-state index in [1.165, 1.54) is 7.11 Å². The van der Waals surface area contributed by atoms with Crippen molar-refractivity contribution in [2.24, 2.45) is 5.92 Å². The average Bonchev–Trinajstić information content (AvgIpc) is 3.45. The van der Waals surface area contributed by atoms with Crippen LogP contribution in [0.2, 0.25) is 0 Å². The number of amides is 4. The molecule has 5 rings (SSSR count). The smallest absolute Gasteiger partial charge is 0.258 e. The second-order valence-corrected chi connectivity index (χ2v) is 9.08. The quantitative estimate of drug-likeness (QED) is 0.611. The topological polar surface area (TPSA) is 136 Å². The van der Waals surface area contributed by atoms with Crippen molar-refractivity contribution in [1.29, 1.82) is 0 Å². The van der Waals surface area contributed by atoms with Crippen LogP contribution in [-0.2, 0) is 19.9 Å². The number of imide groups is 1. The zero-order valence-corrected chi connectivity index (χ0v) is 18.2. The van der Waals surface area contributed by atoms with Crippen molar-refractivity contribution in [2.45, 2.75) is 37.3 Å². The van der Waals surface area contributed by atoms with E-state index in [0.29, 0.717) is 31.5 Å². The van der Waals surface area contributed by atoms with Gasteiger partial charge in [-0.1, -0.05) is 0 Å². The molecule has 12 heteroatoms. The van der Waals surface area contributed by atoms with Gasteiger partial charge in [-0.2, -0.15) is 4.37 Å². The molecule has 2 unspecified atom stereocenters. The molecule has 0 saturated carbocycles. The van der Waals surface area contributed by atoms with E-state index in [4.69, 9.17) is 4.74 Å². The summed E-state index contributed by atoms with van der Waals surface area (Å²) >= 11 is 1.15. The van der Waals surface area contributed by atoms with Crippen molar-refractivity contribution in [2.75, 3.05) is 20.2 Å². The standard InChI is InChI=1S/C20H22N6O5S/c1-31-19-12(8-32-24-19)18(30)22-13-7-20(26-5-4-21-16(13)26)9-25(10-20)15(28)6-11-2-3-14(27)23-17(11)29/h4-5,8,11,13H,2-3,6-7,9-10H2,1H3,(H,22,30)(H,23,27,29). The summed E-state index contributed by atoms with van der Waals surface area (Å²) in [6, 6.07) is -0.297. The molecule has 0 aliphatic carbocycles. The minimum absolute atomic E-state index is 0.0943. The van der Waals surface area contributed by atoms with Gasteiger partial charge in [0.25, 0.3) is 5.91 Å². The van der Waals surface area contributed by atoms with Crippen molar-refractivity contribution in [3.8, 4) is 5.88 Å². The summed E-state index contributed by atoms with van der Waals surface area (Å²) in [5.74, 6) is -0.473. The Kier molecular flexibility index (Phi) is 4.96. The highest BCUT2D eigenvalue weighted by Crippen LogP contribution is 2.45. The molecule has 2 aromatic heterocycles. The van der Waals surface area contributed by atoms with Crippen molar-refractivity contribution in [3.63, 3.8) is 0 Å². The fraction of sp³-hybridized carbons (Fsp3) is 0.500. The molecular weight excluding hydrogens is 436 g/mol. The highest BCUT2D eigenvalue weighted by Gasteiger charge is 2.54. The Bertz CT molecular complexity index is 1100. The Morgan fingerprint density at radius 1 is 1.38 bits per heavy atom. The van der Waals surface area contributed by atoms with E-state index >= 15 is 0 Å². The Labute approximate surface area is 187 Å². The normalized spacial score (nSPS) is 23.5. The summed E-state index contributed by atoms with van der Waals surface area (Å²) in [6.07, 6.45) is 4.93. The number of hydrogen-bond acceptors (Lipinski definition) is 8. The Hall–Kier alpha value is -3.28. The zero-order valence-electron chi connectivity index (χ0n) is 17.4. The predicted molar refractivity (Wildman–Crippen MR) is 111 cm³/mol. The number of piperidine rings is 1. The van der Waals surface area contributed by atoms with Gasteiger partial charge in [0.05, 0.1) is 18.7 Å². The van der Waals surface area contributed by atoms with Gasteiger partial charge in [-0.05, 0) is 18.0 Å². The van der Waals surface area contributed by atoms with E-state index in [-0.39, 0.29) is 53.9 Å². The molecule has 2 fully saturated rings. The van der Waals surface area contributed by atoms with Crippen LogP contribution in [0.15, 0.2) is 17.8 Å². The molecule has 1 spiro atoms. The molecule has 2 aromatic rings. The first-order chi connectivity index (χ1) is 15.4. The highest BCUT2D eigenvalue weighted by atomic mass is 32.1. The number of methoxy groups -OCH3 is 1. The number of carbonyl (C=O) groups is 4. The second kappa shape index (κ2) is 7.69. The Morgan fingerprint density at radius 2 is 2.19 bits per heavy atom. The molecule has 2 N–H and O–H groups in total. The summed E-state index contributed by atoms with van der Waals surface area (Å²) in [6.45, 7) is 0.969. The maximum atomic E-state index is 12.8. The minimum atomic E-state index is -0.467. The zero-order chi connectivity index (χ0) is 22.5. The summed E-state index contributed by atoms with van der Waals surface area (Å²) in [5.41, 5.74) is 0.0486. The van der Waals surface area contributed by atoms with Gasteiger partial charge < -0.3 is 19.5 Å². The van der Waals surface area contributed by atoms with Crippen LogP contribution in [0.4, 0.5) is 0 Å². The van der Waals surface area contributed by atoms with Gasteiger partial charge in [0.15, 0.2) is 0 Å². The molecule has 0 aromatic carbocycles. The molecule has 11 nitrogen and oxygen atoms in total. The molecule has 32 heavy (non-hydrogen) atoms. The number of hydrogen-bond donors (Lipinski definition) is 2. The van der Waals surface area contributed by atoms with Gasteiger partial charge in [0, 0.05) is 56.0 Å². The van der Waals surface area contributed by atoms with Crippen LogP contribution in [0.1, 0.15) is 47.9 Å². The number of fused-ring (bicyclic) bond motifs is 2. The van der Waals surface area contributed by atoms with Gasteiger partial charge in [-0.3, -0.25) is 24.5 Å². The van der Waals surface area contributed by atoms with Crippen molar-refractivity contribution in [1.82, 2.24) is 29.5 Å². The van der Waals surface area contributed by atoms with Crippen molar-refractivity contribution < 1.29 is 23.9 Å². The first-order valence-electron chi connectivity index (χ1n) is 10.3. The van der Waals surface area contributed by atoms with E-state index < -0.39 is 5.92 Å². The summed E-state index contributed by atoms with van der Waals surface area (Å²) < 4.78 is 11.2. The number of ether oxygens (including phenoxy) is 1. The monoisotopic (exact) mass is 458 g/mol. The fourth-order valence-corrected chi connectivity index (χ4v) is 5.45. The largest absolute Gasteiger partial charge is 0.480 e. The number of rotatable bonds is 5. The Morgan fingerprint density at radius 3 is 2.94 bits per heavy atom. The summed E-state index contributed by atoms with van der Waals surface area (Å²) in [5, 5.41) is 6.96. The molecule has 4 amide bonds. The lowest BCUT2D eigenvalue weighted by Crippen LogP contribution is -2.63. The lowest BCUT2D eigenvalue weighted by atomic mass is 9.84. The number of imidazole rings is 1. The number of likely N-dealkylation sites (tertiary alicyclic amines) is 1. The van der Waals surface area contributed by atoms with Crippen LogP contribution in [0.25, 0.3) is 0 Å². The van der Waals surface area contributed by atoms with E-state index in [1.54, 1.807) is 16.5 Å². The van der Waals surface area contributed by atoms with Gasteiger partial charge in [0.1, 0.15) is 11.4 Å². The summed E-state index contributed by atoms with van der Waals surface area (Å²) in [7, 11) is 1.47. The van der Waals surface area contributed by atoms with Crippen LogP contribution >= 0.6 is 11.5 Å². The van der Waals surface area contributed by atoms with Gasteiger partial charge in [0.2, 0.25) is 23.6 Å². The van der Waals surface area contributed by atoms with Gasteiger partial charge in [-0.25, -0.2) is 4.98 Å². The van der Waals surface area contributed by atoms with Crippen LogP contribution in [0, 0.1) is 5.92 Å². The maximum Gasteiger partial charge on any atom is 0.258 e. The third kappa shape index (κ3) is 3.34. The minimum Gasteiger partial charge on any atom is -0.480 e. The first kappa shape index (κ1) is 20.6. The predicted octanol–water partition coefficient (Wildman–Crippen LogP) is 0.203. The molecule has 3 aliphatic rings. The molecular formula is C20H22N6O5S. The van der Waals surface area contributed by atoms with Crippen LogP contribution < -0.4 is 15.4 Å². The lowest BCUT2D eigenvalue weighted by Gasteiger charge is -2.49. The number of nitrogens with zero attached hydrogens (tertiary/aromatic N) is 4. The SMILES string of the molecule is COc1nscc1C(=O)NC1CC2(CN(C(=O)CC3CCC(=O)NC3=O)C2)n2ccnc21. The lowest BCUT2D eigenvalue weighted by molar-refractivity contribution is -0.147. The number of carbonyl (C=O) groups excluding carboxylic acids is 4. The van der Waals surface area contributed by atoms with Crippen LogP contribution in [0.3, 0.4) is 0 Å². The number of aromatic nitrogens is 3. The molecule has 3 aliphatic heterocycles. The fourth-order valence-electron chi connectivity index (χ4n) is 4.81. The maximum absolute atomic E-state index is 12.8. The van der Waals surface area contributed by atoms with Crippen LogP contribution in [0.5, 0.6) is 5.88 Å². The van der Waals surface area contributed by atoms with Gasteiger partial charge in [-0.15, -0.1) is 0 Å². The third-order valence-corrected chi connectivity index (χ3v) is 7.07. The Balaban J connectivity index is 1.23. The molecule has 0 radical (unpaired) electrons. The molecule has 2 atom stereocenters. The second-order valence-electron chi connectivity index (χ2n) is 8.45. The highest BCUT2D eigenvalue weighted by molar-refractivity contribution is 7.04. The molecule has 168 valence electrons. The number of nitrogens with one attached hydrogen (secondary N) is 2. The summed E-state index contributed by atoms with van der Waals surface area (Å²) in [4.78, 5) is 54.9. The van der Waals surface area contributed by atoms with E-state index in [2.05, 4.69) is 20.0 Å². The van der Waals surface area contributed by atoms with Crippen molar-refractivity contribution in [3.05, 3.63) is 29.2 Å². The van der Waals surface area contributed by atoms with E-state index in [0.717, 1.165) is 17.4 Å². The first-order valence-corrected chi connectivity index (χ1v) is 11.2.